The number of carbonyl (C=O) groups excluding carboxylic acids is 1. The molecule has 0 radical (unpaired) electrons. The molecule has 6 bridgehead atoms. The van der Waals surface area contributed by atoms with E-state index >= 15 is 0 Å². The monoisotopic (exact) mass is 478 g/mol. The lowest BCUT2D eigenvalue weighted by Crippen LogP contribution is -2.38. The van der Waals surface area contributed by atoms with Crippen molar-refractivity contribution in [3.05, 3.63) is 104 Å². The van der Waals surface area contributed by atoms with Crippen LogP contribution in [-0.4, -0.2) is 44.5 Å². The van der Waals surface area contributed by atoms with Crippen molar-refractivity contribution in [1.82, 2.24) is 9.55 Å². The fourth-order valence-corrected chi connectivity index (χ4v) is 4.75. The molecule has 9 nitrogen and oxygen atoms in total. The van der Waals surface area contributed by atoms with Crippen LogP contribution in [0, 0.1) is 0 Å². The molecule has 1 saturated heterocycles. The van der Waals surface area contributed by atoms with Gasteiger partial charge in [0.05, 0.1) is 12.0 Å². The third-order valence-electron chi connectivity index (χ3n) is 6.86. The topological polar surface area (TPSA) is 131 Å². The van der Waals surface area contributed by atoms with Gasteiger partial charge in [0.25, 0.3) is 5.56 Å². The van der Waals surface area contributed by atoms with Crippen molar-refractivity contribution in [1.29, 1.82) is 0 Å². The number of aromatic amines is 1. The Balaban J connectivity index is 1.71. The average Bonchev–Trinajstić information content (AvgIpc) is 3.23. The van der Waals surface area contributed by atoms with E-state index in [0.29, 0.717) is 16.7 Å². The van der Waals surface area contributed by atoms with Gasteiger partial charge in [-0.1, -0.05) is 54.6 Å². The van der Waals surface area contributed by atoms with Gasteiger partial charge in [-0.3, -0.25) is 19.1 Å². The first-order chi connectivity index (χ1) is 16.8. The molecule has 35 heavy (non-hydrogen) atoms. The number of hydrogen-bond donors (Lipinski definition) is 3. The molecule has 3 N–H and O–H groups in total. The zero-order chi connectivity index (χ0) is 24.7. The fraction of sp³-hybridized carbons (Fsp3) is 0.346. The van der Waals surface area contributed by atoms with Crippen LogP contribution in [-0.2, 0) is 26.3 Å². The van der Waals surface area contributed by atoms with Gasteiger partial charge in [-0.2, -0.15) is 0 Å². The number of esters is 1. The maximum absolute atomic E-state index is 12.8. The number of H-pyrrole nitrogens is 1. The van der Waals surface area contributed by atoms with Crippen LogP contribution < -0.4 is 11.2 Å². The molecular formula is C26H26N2O7. The highest BCUT2D eigenvalue weighted by molar-refractivity contribution is 5.77. The molecular weight excluding hydrogens is 452 g/mol. The quantitative estimate of drug-likeness (QED) is 0.450. The summed E-state index contributed by atoms with van der Waals surface area (Å²) < 4.78 is 12.5. The number of rotatable bonds is 1. The van der Waals surface area contributed by atoms with Crippen LogP contribution in [0.1, 0.15) is 47.7 Å². The van der Waals surface area contributed by atoms with Crippen molar-refractivity contribution in [3.8, 4) is 0 Å². The summed E-state index contributed by atoms with van der Waals surface area (Å²) in [6.07, 6.45) is -1.37. The molecule has 5 rings (SSSR count). The molecule has 0 spiro atoms. The second-order valence-electron chi connectivity index (χ2n) is 9.13. The van der Waals surface area contributed by atoms with Gasteiger partial charge in [0.2, 0.25) is 0 Å². The summed E-state index contributed by atoms with van der Waals surface area (Å²) in [4.78, 5) is 40.5. The summed E-state index contributed by atoms with van der Waals surface area (Å²) in [5, 5.41) is 22.5. The number of aliphatic hydroxyl groups excluding tert-OH is 1. The predicted molar refractivity (Wildman–Crippen MR) is 125 cm³/mol. The van der Waals surface area contributed by atoms with Crippen molar-refractivity contribution < 1.29 is 24.5 Å². The highest BCUT2D eigenvalue weighted by atomic mass is 16.6. The first kappa shape index (κ1) is 23.2. The van der Waals surface area contributed by atoms with Crippen molar-refractivity contribution in [2.45, 2.75) is 49.7 Å². The third kappa shape index (κ3) is 4.22. The minimum Gasteiger partial charge on any atom is -0.462 e. The molecule has 1 aromatic heterocycles. The van der Waals surface area contributed by atoms with E-state index in [-0.39, 0.29) is 25.0 Å². The van der Waals surface area contributed by atoms with Gasteiger partial charge in [-0.05, 0) is 23.6 Å². The Bertz CT molecular complexity index is 1370. The summed E-state index contributed by atoms with van der Waals surface area (Å²) in [5.74, 6) is -1.16. The van der Waals surface area contributed by atoms with E-state index in [0.717, 1.165) is 0 Å². The number of carbonyl (C=O) groups is 1. The van der Waals surface area contributed by atoms with Crippen LogP contribution in [0.25, 0.3) is 0 Å². The van der Waals surface area contributed by atoms with Crippen molar-refractivity contribution >= 4 is 5.97 Å². The predicted octanol–water partition coefficient (Wildman–Crippen LogP) is 1.32. The van der Waals surface area contributed by atoms with E-state index in [1.54, 1.807) is 55.5 Å². The van der Waals surface area contributed by atoms with Crippen molar-refractivity contribution in [2.75, 3.05) is 6.61 Å². The lowest BCUT2D eigenvalue weighted by molar-refractivity contribution is -0.151. The smallest absolute Gasteiger partial charge is 0.330 e. The van der Waals surface area contributed by atoms with Crippen LogP contribution >= 0.6 is 0 Å². The van der Waals surface area contributed by atoms with Crippen LogP contribution in [0.2, 0.25) is 0 Å². The molecule has 3 heterocycles. The average molecular weight is 479 g/mol. The SMILES string of the molecule is C[C@@H]1C(=O)OC[C@H]2O[C@H](C[C@@H]2O)n2cc(c(=O)[nH]c2=O)C[C@](O)(c2ccccc2)c2cccc1c2. The van der Waals surface area contributed by atoms with E-state index in [9.17, 15) is 24.6 Å². The lowest BCUT2D eigenvalue weighted by Gasteiger charge is -2.30. The van der Waals surface area contributed by atoms with E-state index in [1.807, 2.05) is 6.07 Å². The molecule has 0 aliphatic carbocycles. The summed E-state index contributed by atoms with van der Waals surface area (Å²) in [6, 6.07) is 15.9. The second kappa shape index (κ2) is 8.92. The first-order valence-electron chi connectivity index (χ1n) is 11.5. The van der Waals surface area contributed by atoms with E-state index in [2.05, 4.69) is 4.98 Å². The number of cyclic esters (lactones) is 1. The number of aliphatic hydroxyl groups is 2. The minimum atomic E-state index is -1.64. The molecule has 0 amide bonds. The van der Waals surface area contributed by atoms with Crippen LogP contribution in [0.5, 0.6) is 0 Å². The Morgan fingerprint density at radius 2 is 1.80 bits per heavy atom. The molecule has 5 atom stereocenters. The van der Waals surface area contributed by atoms with Crippen LogP contribution in [0.4, 0.5) is 0 Å². The van der Waals surface area contributed by atoms with Gasteiger partial charge in [0.15, 0.2) is 0 Å². The molecule has 3 aromatic rings. The Hall–Kier alpha value is -3.53. The summed E-state index contributed by atoms with van der Waals surface area (Å²) in [6.45, 7) is 1.52. The molecule has 2 aliphatic rings. The molecule has 9 heteroatoms. The van der Waals surface area contributed by atoms with Gasteiger partial charge in [0, 0.05) is 24.6 Å². The summed E-state index contributed by atoms with van der Waals surface area (Å²) in [7, 11) is 0. The number of benzene rings is 2. The maximum atomic E-state index is 12.8. The zero-order valence-corrected chi connectivity index (χ0v) is 19.1. The van der Waals surface area contributed by atoms with Crippen molar-refractivity contribution in [3.63, 3.8) is 0 Å². The lowest BCUT2D eigenvalue weighted by atomic mass is 9.80. The van der Waals surface area contributed by atoms with Crippen LogP contribution in [0.15, 0.2) is 70.4 Å². The highest BCUT2D eigenvalue weighted by Crippen LogP contribution is 2.35. The highest BCUT2D eigenvalue weighted by Gasteiger charge is 2.38. The molecule has 0 unspecified atom stereocenters. The Kier molecular flexibility index (Phi) is 5.92. The zero-order valence-electron chi connectivity index (χ0n) is 19.1. The Morgan fingerprint density at radius 1 is 1.06 bits per heavy atom. The van der Waals surface area contributed by atoms with Gasteiger partial charge >= 0.3 is 11.7 Å². The minimum absolute atomic E-state index is 0.0746. The van der Waals surface area contributed by atoms with Gasteiger partial charge < -0.3 is 19.7 Å². The first-order valence-corrected chi connectivity index (χ1v) is 11.5. The van der Waals surface area contributed by atoms with E-state index < -0.39 is 47.2 Å². The third-order valence-corrected chi connectivity index (χ3v) is 6.86. The normalized spacial score (nSPS) is 28.6. The van der Waals surface area contributed by atoms with Gasteiger partial charge in [0.1, 0.15) is 24.5 Å². The number of nitrogens with zero attached hydrogens (tertiary/aromatic N) is 1. The Morgan fingerprint density at radius 3 is 2.57 bits per heavy atom. The molecule has 2 aromatic carbocycles. The fourth-order valence-electron chi connectivity index (χ4n) is 4.75. The maximum Gasteiger partial charge on any atom is 0.330 e. The van der Waals surface area contributed by atoms with Crippen molar-refractivity contribution in [2.24, 2.45) is 0 Å². The Labute approximate surface area is 200 Å². The molecule has 1 fully saturated rings. The number of hydrogen-bond acceptors (Lipinski definition) is 7. The number of fused-ring (bicyclic) bond motifs is 7. The molecule has 182 valence electrons. The van der Waals surface area contributed by atoms with Gasteiger partial charge in [-0.25, -0.2) is 4.79 Å². The summed E-state index contributed by atoms with van der Waals surface area (Å²) in [5.41, 5.74) is -1.14. The van der Waals surface area contributed by atoms with Crippen LogP contribution in [0.3, 0.4) is 0 Å². The standard InChI is InChI=1S/C26H26N2O7/c1-15-16-6-5-9-19(10-16)26(33,18-7-3-2-4-8-18)12-17-13-28(25(32)27-23(17)30)22-11-20(29)21(35-22)14-34-24(15)31/h2-10,13,15,20-22,29,33H,11-12,14H2,1H3,(H,27,30,32)/t15-,20-,21+,22+,26-/m0/s1. The molecule has 2 aliphatic heterocycles. The second-order valence-corrected chi connectivity index (χ2v) is 9.13. The number of ether oxygens (including phenoxy) is 2. The van der Waals surface area contributed by atoms with E-state index in [4.69, 9.17) is 9.47 Å². The largest absolute Gasteiger partial charge is 0.462 e. The molecule has 0 saturated carbocycles. The number of aromatic nitrogens is 2. The van der Waals surface area contributed by atoms with Gasteiger partial charge in [-0.15, -0.1) is 0 Å². The number of nitrogens with one attached hydrogen (secondary N) is 1. The van der Waals surface area contributed by atoms with E-state index in [1.165, 1.54) is 10.8 Å². The summed E-state index contributed by atoms with van der Waals surface area (Å²) >= 11 is 0.